The van der Waals surface area contributed by atoms with E-state index in [0.717, 1.165) is 17.7 Å². The average Bonchev–Trinajstić information content (AvgIpc) is 2.75. The van der Waals surface area contributed by atoms with Crippen LogP contribution < -0.4 is 5.32 Å². The number of fused-ring (bicyclic) bond motifs is 1. The first-order valence-corrected chi connectivity index (χ1v) is 8.09. The number of hydrogen-bond donors (Lipinski definition) is 1. The van der Waals surface area contributed by atoms with E-state index in [1.807, 2.05) is 11.8 Å². The molecule has 1 unspecified atom stereocenters. The molecular formula is C16H25NS. The lowest BCUT2D eigenvalue weighted by molar-refractivity contribution is 0.520. The SMILES string of the molecule is CC(C)CCCCNCC1Cc2ccccc2S1. The van der Waals surface area contributed by atoms with E-state index in [1.165, 1.54) is 42.7 Å². The Labute approximate surface area is 116 Å². The monoisotopic (exact) mass is 263 g/mol. The van der Waals surface area contributed by atoms with Crippen LogP contribution in [0.5, 0.6) is 0 Å². The molecule has 0 saturated carbocycles. The van der Waals surface area contributed by atoms with E-state index in [0.29, 0.717) is 0 Å². The Bertz CT molecular complexity index is 337. The Morgan fingerprint density at radius 1 is 1.28 bits per heavy atom. The highest BCUT2D eigenvalue weighted by Gasteiger charge is 2.20. The molecular weight excluding hydrogens is 238 g/mol. The number of thioether (sulfide) groups is 1. The number of nitrogens with one attached hydrogen (secondary N) is 1. The first-order chi connectivity index (χ1) is 8.75. The van der Waals surface area contributed by atoms with Gasteiger partial charge in [-0.1, -0.05) is 44.9 Å². The minimum Gasteiger partial charge on any atom is -0.316 e. The highest BCUT2D eigenvalue weighted by Crippen LogP contribution is 2.36. The van der Waals surface area contributed by atoms with Crippen molar-refractivity contribution in [3.05, 3.63) is 29.8 Å². The molecule has 0 aromatic heterocycles. The van der Waals surface area contributed by atoms with Gasteiger partial charge in [-0.05, 0) is 36.9 Å². The Hall–Kier alpha value is -0.470. The molecule has 2 heteroatoms. The van der Waals surface area contributed by atoms with Crippen molar-refractivity contribution in [2.45, 2.75) is 49.7 Å². The second-order valence-corrected chi connectivity index (χ2v) is 6.99. The fourth-order valence-electron chi connectivity index (χ4n) is 2.43. The summed E-state index contributed by atoms with van der Waals surface area (Å²) in [5.41, 5.74) is 1.54. The van der Waals surface area contributed by atoms with E-state index in [9.17, 15) is 0 Å². The van der Waals surface area contributed by atoms with Gasteiger partial charge >= 0.3 is 0 Å². The fourth-order valence-corrected chi connectivity index (χ4v) is 3.72. The van der Waals surface area contributed by atoms with Crippen LogP contribution in [-0.2, 0) is 6.42 Å². The summed E-state index contributed by atoms with van der Waals surface area (Å²) in [6.45, 7) is 6.95. The van der Waals surface area contributed by atoms with Crippen molar-refractivity contribution in [2.24, 2.45) is 5.92 Å². The molecule has 1 nitrogen and oxygen atoms in total. The Morgan fingerprint density at radius 2 is 2.11 bits per heavy atom. The van der Waals surface area contributed by atoms with Gasteiger partial charge in [-0.3, -0.25) is 0 Å². The number of hydrogen-bond acceptors (Lipinski definition) is 2. The minimum atomic E-state index is 0.743. The van der Waals surface area contributed by atoms with Gasteiger partial charge in [0.05, 0.1) is 0 Å². The minimum absolute atomic E-state index is 0.743. The quantitative estimate of drug-likeness (QED) is 0.743. The molecule has 1 heterocycles. The molecule has 0 spiro atoms. The second-order valence-electron chi connectivity index (χ2n) is 5.65. The smallest absolute Gasteiger partial charge is 0.0260 e. The lowest BCUT2D eigenvalue weighted by atomic mass is 10.1. The van der Waals surface area contributed by atoms with Gasteiger partial charge in [0.25, 0.3) is 0 Å². The van der Waals surface area contributed by atoms with Crippen LogP contribution in [0.1, 0.15) is 38.7 Å². The molecule has 0 fully saturated rings. The van der Waals surface area contributed by atoms with E-state index < -0.39 is 0 Å². The predicted octanol–water partition coefficient (Wildman–Crippen LogP) is 4.12. The zero-order chi connectivity index (χ0) is 12.8. The summed E-state index contributed by atoms with van der Waals surface area (Å²) >= 11 is 2.04. The van der Waals surface area contributed by atoms with Gasteiger partial charge in [0.2, 0.25) is 0 Å². The Morgan fingerprint density at radius 3 is 2.89 bits per heavy atom. The van der Waals surface area contributed by atoms with Gasteiger partial charge < -0.3 is 5.32 Å². The Balaban J connectivity index is 1.57. The molecule has 0 aliphatic carbocycles. The maximum Gasteiger partial charge on any atom is 0.0260 e. The normalized spacial score (nSPS) is 18.3. The molecule has 2 rings (SSSR count). The van der Waals surface area contributed by atoms with Crippen LogP contribution in [0.3, 0.4) is 0 Å². The predicted molar refractivity (Wildman–Crippen MR) is 81.3 cm³/mol. The van der Waals surface area contributed by atoms with Crippen LogP contribution in [0.4, 0.5) is 0 Å². The second kappa shape index (κ2) is 7.20. The van der Waals surface area contributed by atoms with Crippen LogP contribution >= 0.6 is 11.8 Å². The van der Waals surface area contributed by atoms with Crippen molar-refractivity contribution < 1.29 is 0 Å². The summed E-state index contributed by atoms with van der Waals surface area (Å²) in [4.78, 5) is 1.49. The van der Waals surface area contributed by atoms with Crippen LogP contribution in [-0.4, -0.2) is 18.3 Å². The maximum absolute atomic E-state index is 3.62. The maximum atomic E-state index is 3.62. The first-order valence-electron chi connectivity index (χ1n) is 7.21. The zero-order valence-corrected chi connectivity index (χ0v) is 12.4. The molecule has 0 bridgehead atoms. The van der Waals surface area contributed by atoms with Gasteiger partial charge in [-0.15, -0.1) is 11.8 Å². The van der Waals surface area contributed by atoms with Crippen molar-refractivity contribution in [2.75, 3.05) is 13.1 Å². The van der Waals surface area contributed by atoms with Gasteiger partial charge in [-0.2, -0.15) is 0 Å². The van der Waals surface area contributed by atoms with Crippen LogP contribution in [0.15, 0.2) is 29.2 Å². The fraction of sp³-hybridized carbons (Fsp3) is 0.625. The van der Waals surface area contributed by atoms with E-state index in [4.69, 9.17) is 0 Å². The molecule has 1 aromatic carbocycles. The molecule has 0 amide bonds. The summed E-state index contributed by atoms with van der Waals surface area (Å²) in [6.07, 6.45) is 5.29. The molecule has 0 radical (unpaired) electrons. The van der Waals surface area contributed by atoms with E-state index in [1.54, 1.807) is 0 Å². The zero-order valence-electron chi connectivity index (χ0n) is 11.6. The van der Waals surface area contributed by atoms with Crippen molar-refractivity contribution >= 4 is 11.8 Å². The van der Waals surface area contributed by atoms with E-state index >= 15 is 0 Å². The highest BCUT2D eigenvalue weighted by molar-refractivity contribution is 8.00. The summed E-state index contributed by atoms with van der Waals surface area (Å²) in [5.74, 6) is 0.852. The third-order valence-electron chi connectivity index (χ3n) is 3.47. The van der Waals surface area contributed by atoms with Crippen LogP contribution in [0, 0.1) is 5.92 Å². The summed E-state index contributed by atoms with van der Waals surface area (Å²) < 4.78 is 0. The van der Waals surface area contributed by atoms with E-state index in [2.05, 4.69) is 43.4 Å². The third kappa shape index (κ3) is 4.33. The molecule has 1 aliphatic rings. The summed E-state index contributed by atoms with van der Waals surface area (Å²) in [7, 11) is 0. The molecule has 0 saturated heterocycles. The summed E-state index contributed by atoms with van der Waals surface area (Å²) in [5, 5.41) is 4.36. The molecule has 18 heavy (non-hydrogen) atoms. The highest BCUT2D eigenvalue weighted by atomic mass is 32.2. The number of unbranched alkanes of at least 4 members (excludes halogenated alkanes) is 1. The number of benzene rings is 1. The lowest BCUT2D eigenvalue weighted by Crippen LogP contribution is -2.25. The van der Waals surface area contributed by atoms with Crippen molar-refractivity contribution in [3.63, 3.8) is 0 Å². The standard InChI is InChI=1S/C16H25NS/c1-13(2)7-5-6-10-17-12-15-11-14-8-3-4-9-16(14)18-15/h3-4,8-9,13,15,17H,5-7,10-12H2,1-2H3. The van der Waals surface area contributed by atoms with Crippen molar-refractivity contribution in [1.29, 1.82) is 0 Å². The van der Waals surface area contributed by atoms with Gasteiger partial charge in [0.1, 0.15) is 0 Å². The third-order valence-corrected chi connectivity index (χ3v) is 4.79. The molecule has 1 atom stereocenters. The molecule has 1 aromatic rings. The largest absolute Gasteiger partial charge is 0.316 e. The molecule has 1 N–H and O–H groups in total. The molecule has 1 aliphatic heterocycles. The summed E-state index contributed by atoms with van der Waals surface area (Å²) in [6, 6.07) is 8.82. The van der Waals surface area contributed by atoms with Crippen LogP contribution in [0.2, 0.25) is 0 Å². The number of rotatable bonds is 7. The molecule has 100 valence electrons. The first kappa shape index (κ1) is 14.0. The average molecular weight is 263 g/mol. The van der Waals surface area contributed by atoms with Crippen molar-refractivity contribution in [3.8, 4) is 0 Å². The van der Waals surface area contributed by atoms with E-state index in [-0.39, 0.29) is 0 Å². The van der Waals surface area contributed by atoms with Gasteiger partial charge in [-0.25, -0.2) is 0 Å². The van der Waals surface area contributed by atoms with Gasteiger partial charge in [0.15, 0.2) is 0 Å². The van der Waals surface area contributed by atoms with Gasteiger partial charge in [0, 0.05) is 16.7 Å². The topological polar surface area (TPSA) is 12.0 Å². The lowest BCUT2D eigenvalue weighted by Gasteiger charge is -2.10. The van der Waals surface area contributed by atoms with Crippen molar-refractivity contribution in [1.82, 2.24) is 5.32 Å². The Kier molecular flexibility index (Phi) is 5.58. The van der Waals surface area contributed by atoms with Crippen LogP contribution in [0.25, 0.3) is 0 Å².